The zero-order valence-electron chi connectivity index (χ0n) is 14.1. The van der Waals surface area contributed by atoms with Crippen molar-refractivity contribution < 1.29 is 4.52 Å². The molecule has 0 saturated carbocycles. The highest BCUT2D eigenvalue weighted by Gasteiger charge is 2.13. The quantitative estimate of drug-likeness (QED) is 0.414. The molecule has 2 heterocycles. The molecule has 0 radical (unpaired) electrons. The highest BCUT2D eigenvalue weighted by molar-refractivity contribution is 7.98. The summed E-state index contributed by atoms with van der Waals surface area (Å²) in [4.78, 5) is 4.42. The van der Waals surface area contributed by atoms with Gasteiger partial charge in [0.1, 0.15) is 6.33 Å². The standard InChI is InChI=1S/C18H13Cl2N5OS/c1-11-2-7-14(8-15(11)20)25-10-21-23-18(25)27-9-16-22-17(26-24-16)12-3-5-13(19)6-4-12/h2-8,10H,9H2,1H3. The van der Waals surface area contributed by atoms with Gasteiger partial charge in [-0.25, -0.2) is 0 Å². The van der Waals surface area contributed by atoms with E-state index in [1.807, 2.05) is 41.8 Å². The Balaban J connectivity index is 1.49. The van der Waals surface area contributed by atoms with Crippen LogP contribution in [0.4, 0.5) is 0 Å². The van der Waals surface area contributed by atoms with Gasteiger partial charge >= 0.3 is 0 Å². The summed E-state index contributed by atoms with van der Waals surface area (Å²) in [6.45, 7) is 1.96. The predicted octanol–water partition coefficient (Wildman–Crippen LogP) is 5.22. The number of benzene rings is 2. The molecule has 0 aliphatic rings. The molecule has 136 valence electrons. The fourth-order valence-corrected chi connectivity index (χ4v) is 3.46. The van der Waals surface area contributed by atoms with Crippen LogP contribution in [-0.2, 0) is 5.75 Å². The van der Waals surface area contributed by atoms with Crippen LogP contribution in [0.3, 0.4) is 0 Å². The van der Waals surface area contributed by atoms with Crippen LogP contribution in [0.15, 0.2) is 58.5 Å². The van der Waals surface area contributed by atoms with Crippen molar-refractivity contribution in [2.45, 2.75) is 17.8 Å². The lowest BCUT2D eigenvalue weighted by molar-refractivity contribution is 0.425. The van der Waals surface area contributed by atoms with Crippen molar-refractivity contribution >= 4 is 35.0 Å². The van der Waals surface area contributed by atoms with Crippen LogP contribution in [0.2, 0.25) is 10.0 Å². The Morgan fingerprint density at radius 2 is 1.93 bits per heavy atom. The number of hydrogen-bond acceptors (Lipinski definition) is 6. The highest BCUT2D eigenvalue weighted by atomic mass is 35.5. The minimum Gasteiger partial charge on any atom is -0.334 e. The van der Waals surface area contributed by atoms with Gasteiger partial charge in [0, 0.05) is 15.6 Å². The Morgan fingerprint density at radius 1 is 1.11 bits per heavy atom. The van der Waals surface area contributed by atoms with Crippen molar-refractivity contribution in [3.63, 3.8) is 0 Å². The van der Waals surface area contributed by atoms with Gasteiger partial charge < -0.3 is 4.52 Å². The number of aromatic nitrogens is 5. The van der Waals surface area contributed by atoms with E-state index >= 15 is 0 Å². The largest absolute Gasteiger partial charge is 0.334 e. The van der Waals surface area contributed by atoms with Gasteiger partial charge in [-0.1, -0.05) is 46.2 Å². The summed E-state index contributed by atoms with van der Waals surface area (Å²) in [7, 11) is 0. The first-order valence-electron chi connectivity index (χ1n) is 7.98. The van der Waals surface area contributed by atoms with Crippen molar-refractivity contribution in [3.05, 3.63) is 70.2 Å². The molecule has 6 nitrogen and oxygen atoms in total. The van der Waals surface area contributed by atoms with Gasteiger partial charge in [-0.15, -0.1) is 10.2 Å². The number of rotatable bonds is 5. The Kier molecular flexibility index (Phi) is 5.15. The lowest BCUT2D eigenvalue weighted by Crippen LogP contribution is -1.96. The van der Waals surface area contributed by atoms with E-state index in [0.29, 0.717) is 32.7 Å². The van der Waals surface area contributed by atoms with Crippen LogP contribution in [-0.4, -0.2) is 24.9 Å². The third kappa shape index (κ3) is 4.00. The molecule has 4 rings (SSSR count). The first-order chi connectivity index (χ1) is 13.1. The summed E-state index contributed by atoms with van der Waals surface area (Å²) in [5, 5.41) is 14.3. The van der Waals surface area contributed by atoms with E-state index in [1.54, 1.807) is 18.5 Å². The van der Waals surface area contributed by atoms with Crippen molar-refractivity contribution in [2.24, 2.45) is 0 Å². The van der Waals surface area contributed by atoms with Crippen LogP contribution >= 0.6 is 35.0 Å². The Labute approximate surface area is 169 Å². The zero-order valence-corrected chi connectivity index (χ0v) is 16.5. The Bertz CT molecular complexity index is 1080. The monoisotopic (exact) mass is 417 g/mol. The van der Waals surface area contributed by atoms with Gasteiger partial charge in [-0.05, 0) is 48.9 Å². The van der Waals surface area contributed by atoms with Gasteiger partial charge in [-0.3, -0.25) is 4.57 Å². The topological polar surface area (TPSA) is 69.6 Å². The summed E-state index contributed by atoms with van der Waals surface area (Å²) < 4.78 is 7.20. The second-order valence-electron chi connectivity index (χ2n) is 5.73. The van der Waals surface area contributed by atoms with Crippen molar-refractivity contribution in [3.8, 4) is 17.1 Å². The molecule has 0 amide bonds. The molecule has 0 aliphatic carbocycles. The molecule has 0 spiro atoms. The smallest absolute Gasteiger partial charge is 0.257 e. The van der Waals surface area contributed by atoms with Crippen LogP contribution < -0.4 is 0 Å². The zero-order chi connectivity index (χ0) is 18.8. The molecule has 0 aliphatic heterocycles. The summed E-state index contributed by atoms with van der Waals surface area (Å²) in [5.74, 6) is 1.52. The van der Waals surface area contributed by atoms with Crippen LogP contribution in [0.1, 0.15) is 11.4 Å². The van der Waals surface area contributed by atoms with E-state index in [4.69, 9.17) is 27.7 Å². The molecular weight excluding hydrogens is 405 g/mol. The molecule has 0 unspecified atom stereocenters. The lowest BCUT2D eigenvalue weighted by Gasteiger charge is -2.07. The normalized spacial score (nSPS) is 11.1. The summed E-state index contributed by atoms with van der Waals surface area (Å²) in [5.41, 5.74) is 2.73. The van der Waals surface area contributed by atoms with Crippen LogP contribution in [0.5, 0.6) is 0 Å². The number of aryl methyl sites for hydroxylation is 1. The first kappa shape index (κ1) is 18.0. The minimum absolute atomic E-state index is 0.453. The molecule has 4 aromatic rings. The maximum atomic E-state index is 6.23. The molecule has 0 bridgehead atoms. The average Bonchev–Trinajstić information content (AvgIpc) is 3.32. The molecular formula is C18H13Cl2N5OS. The molecule has 27 heavy (non-hydrogen) atoms. The highest BCUT2D eigenvalue weighted by Crippen LogP contribution is 2.26. The van der Waals surface area contributed by atoms with Gasteiger partial charge in [0.2, 0.25) is 0 Å². The molecule has 0 atom stereocenters. The second-order valence-corrected chi connectivity index (χ2v) is 7.51. The maximum absolute atomic E-state index is 6.23. The summed E-state index contributed by atoms with van der Waals surface area (Å²) in [6, 6.07) is 13.1. The van der Waals surface area contributed by atoms with Gasteiger partial charge in [0.05, 0.1) is 11.4 Å². The summed E-state index contributed by atoms with van der Waals surface area (Å²) in [6.07, 6.45) is 1.65. The van der Waals surface area contributed by atoms with Gasteiger partial charge in [0.15, 0.2) is 11.0 Å². The Morgan fingerprint density at radius 3 is 2.70 bits per heavy atom. The molecule has 9 heteroatoms. The van der Waals surface area contributed by atoms with Crippen molar-refractivity contribution in [1.82, 2.24) is 24.9 Å². The van der Waals surface area contributed by atoms with E-state index in [-0.39, 0.29) is 0 Å². The second kappa shape index (κ2) is 7.72. The Hall–Kier alpha value is -2.35. The maximum Gasteiger partial charge on any atom is 0.257 e. The molecule has 0 saturated heterocycles. The third-order valence-corrected chi connectivity index (χ3v) is 5.44. The van der Waals surface area contributed by atoms with E-state index in [2.05, 4.69) is 20.3 Å². The fraction of sp³-hybridized carbons (Fsp3) is 0.111. The molecule has 2 aromatic heterocycles. The lowest BCUT2D eigenvalue weighted by atomic mass is 10.2. The first-order valence-corrected chi connectivity index (χ1v) is 9.72. The minimum atomic E-state index is 0.453. The van der Waals surface area contributed by atoms with Crippen LogP contribution in [0, 0.1) is 6.92 Å². The van der Waals surface area contributed by atoms with E-state index in [1.165, 1.54) is 11.8 Å². The van der Waals surface area contributed by atoms with Crippen LogP contribution in [0.25, 0.3) is 17.1 Å². The van der Waals surface area contributed by atoms with Gasteiger partial charge in [0.25, 0.3) is 5.89 Å². The average molecular weight is 418 g/mol. The van der Waals surface area contributed by atoms with E-state index in [0.717, 1.165) is 16.8 Å². The number of nitrogens with zero attached hydrogens (tertiary/aromatic N) is 5. The number of halogens is 2. The predicted molar refractivity (Wildman–Crippen MR) is 105 cm³/mol. The van der Waals surface area contributed by atoms with Gasteiger partial charge in [-0.2, -0.15) is 4.98 Å². The van der Waals surface area contributed by atoms with E-state index < -0.39 is 0 Å². The number of thioether (sulfide) groups is 1. The van der Waals surface area contributed by atoms with E-state index in [9.17, 15) is 0 Å². The molecule has 0 N–H and O–H groups in total. The van der Waals surface area contributed by atoms with Crippen molar-refractivity contribution in [1.29, 1.82) is 0 Å². The third-order valence-electron chi connectivity index (χ3n) is 3.84. The summed E-state index contributed by atoms with van der Waals surface area (Å²) >= 11 is 13.6. The van der Waals surface area contributed by atoms with Crippen molar-refractivity contribution in [2.75, 3.05) is 0 Å². The molecule has 2 aromatic carbocycles. The fourth-order valence-electron chi connectivity index (χ4n) is 2.38. The molecule has 0 fully saturated rings. The SMILES string of the molecule is Cc1ccc(-n2cnnc2SCc2noc(-c3ccc(Cl)cc3)n2)cc1Cl. The number of hydrogen-bond donors (Lipinski definition) is 0.